The van der Waals surface area contributed by atoms with Gasteiger partial charge in [0.1, 0.15) is 5.78 Å². The van der Waals surface area contributed by atoms with Gasteiger partial charge in [0, 0.05) is 25.2 Å². The minimum Gasteiger partial charge on any atom is -0.504 e. The number of fused-ring (bicyclic) bond motifs is 2. The molecule has 7 N–H and O–H groups in total. The van der Waals surface area contributed by atoms with Crippen LogP contribution < -0.4 is 26.4 Å². The molecule has 9 heteroatoms. The number of aryl methyl sites for hydroxylation is 3. The monoisotopic (exact) mass is 827 g/mol. The Morgan fingerprint density at radius 3 is 2.49 bits per heavy atom. The van der Waals surface area contributed by atoms with Crippen molar-refractivity contribution in [3.63, 3.8) is 0 Å². The molecule has 3 aromatic carbocycles. The molecule has 0 saturated carbocycles. The molecular weight excluding hydrogens is 761 g/mol. The molecular formula is C52H66N4O5. The summed E-state index contributed by atoms with van der Waals surface area (Å²) in [4.78, 5) is 26.5. The third-order valence-electron chi connectivity index (χ3n) is 13.4. The second kappa shape index (κ2) is 21.8. The molecule has 61 heavy (non-hydrogen) atoms. The highest BCUT2D eigenvalue weighted by atomic mass is 16.5. The van der Waals surface area contributed by atoms with Crippen molar-refractivity contribution in [1.29, 1.82) is 0 Å². The van der Waals surface area contributed by atoms with Crippen molar-refractivity contribution in [2.45, 2.75) is 102 Å². The zero-order valence-corrected chi connectivity index (χ0v) is 36.0. The van der Waals surface area contributed by atoms with E-state index in [0.717, 1.165) is 87.2 Å². The Hall–Kier alpha value is -4.80. The van der Waals surface area contributed by atoms with Crippen LogP contribution in [0.5, 0.6) is 11.5 Å². The number of allylic oxidation sites excluding steroid dienone is 3. The molecule has 1 aliphatic carbocycles. The summed E-state index contributed by atoms with van der Waals surface area (Å²) in [6.07, 6.45) is 19.4. The van der Waals surface area contributed by atoms with Crippen LogP contribution in [0.2, 0.25) is 0 Å². The molecule has 0 radical (unpaired) electrons. The number of aromatic hydroxyl groups is 1. The van der Waals surface area contributed by atoms with Gasteiger partial charge >= 0.3 is 0 Å². The maximum atomic E-state index is 13.4. The summed E-state index contributed by atoms with van der Waals surface area (Å²) in [5.41, 5.74) is 15.6. The molecule has 3 aromatic rings. The molecule has 0 aromatic heterocycles. The van der Waals surface area contributed by atoms with Gasteiger partial charge in [-0.15, -0.1) is 0 Å². The van der Waals surface area contributed by atoms with Gasteiger partial charge in [0.2, 0.25) is 0 Å². The Morgan fingerprint density at radius 1 is 0.902 bits per heavy atom. The summed E-state index contributed by atoms with van der Waals surface area (Å²) in [6.45, 7) is 2.86. The van der Waals surface area contributed by atoms with Crippen molar-refractivity contribution in [3.8, 4) is 11.5 Å². The molecule has 324 valence electrons. The predicted molar refractivity (Wildman–Crippen MR) is 244 cm³/mol. The van der Waals surface area contributed by atoms with E-state index in [-0.39, 0.29) is 35.7 Å². The van der Waals surface area contributed by atoms with Gasteiger partial charge in [-0.3, -0.25) is 9.59 Å². The first-order chi connectivity index (χ1) is 29.8. The first-order valence-corrected chi connectivity index (χ1v) is 22.7. The molecule has 3 heterocycles. The minimum absolute atomic E-state index is 0.0371. The van der Waals surface area contributed by atoms with Gasteiger partial charge in [-0.1, -0.05) is 79.1 Å². The van der Waals surface area contributed by atoms with Crippen LogP contribution in [0.1, 0.15) is 92.0 Å². The quantitative estimate of drug-likeness (QED) is 0.0296. The van der Waals surface area contributed by atoms with Crippen molar-refractivity contribution in [3.05, 3.63) is 136 Å². The van der Waals surface area contributed by atoms with Crippen LogP contribution in [0.15, 0.2) is 108 Å². The van der Waals surface area contributed by atoms with Gasteiger partial charge < -0.3 is 36.6 Å². The summed E-state index contributed by atoms with van der Waals surface area (Å²) in [5.74, 6) is 1.78. The van der Waals surface area contributed by atoms with Gasteiger partial charge in [0.15, 0.2) is 17.3 Å². The van der Waals surface area contributed by atoms with Gasteiger partial charge in [-0.25, -0.2) is 0 Å². The molecule has 0 bridgehead atoms. The van der Waals surface area contributed by atoms with Crippen LogP contribution in [-0.2, 0) is 35.3 Å². The van der Waals surface area contributed by atoms with E-state index < -0.39 is 6.61 Å². The summed E-state index contributed by atoms with van der Waals surface area (Å²) in [7, 11) is 1.47. The Balaban J connectivity index is 0.949. The van der Waals surface area contributed by atoms with Gasteiger partial charge in [0.25, 0.3) is 0 Å². The van der Waals surface area contributed by atoms with Crippen LogP contribution in [0, 0.1) is 17.8 Å². The number of unbranched alkanes of at least 4 members (excludes halogenated alkanes) is 2. The number of phenolic OH excluding ortho intramolecular Hbond substituents is 1. The first-order valence-electron chi connectivity index (χ1n) is 22.7. The minimum atomic E-state index is -0.418. The second-order valence-electron chi connectivity index (χ2n) is 17.6. The number of methoxy groups -OCH3 is 1. The largest absolute Gasteiger partial charge is 0.504 e. The lowest BCUT2D eigenvalue weighted by Crippen LogP contribution is -2.52. The van der Waals surface area contributed by atoms with E-state index >= 15 is 0 Å². The highest BCUT2D eigenvalue weighted by Crippen LogP contribution is 2.43. The number of benzene rings is 3. The number of nitrogens with one attached hydrogen (secondary N) is 3. The number of dihydropyridines is 1. The number of hydrogen-bond donors (Lipinski definition) is 6. The fourth-order valence-corrected chi connectivity index (χ4v) is 10.2. The molecule has 5 unspecified atom stereocenters. The summed E-state index contributed by atoms with van der Waals surface area (Å²) in [6, 6.07) is 23.1. The van der Waals surface area contributed by atoms with E-state index in [4.69, 9.17) is 10.5 Å². The van der Waals surface area contributed by atoms with Crippen molar-refractivity contribution in [1.82, 2.24) is 16.0 Å². The van der Waals surface area contributed by atoms with E-state index in [0.29, 0.717) is 41.9 Å². The molecule has 0 amide bonds. The lowest BCUT2D eigenvalue weighted by Gasteiger charge is -2.47. The third-order valence-corrected chi connectivity index (χ3v) is 13.4. The van der Waals surface area contributed by atoms with E-state index in [1.807, 2.05) is 18.3 Å². The van der Waals surface area contributed by atoms with E-state index in [1.165, 1.54) is 55.6 Å². The Bertz CT molecular complexity index is 2110. The molecule has 4 aliphatic rings. The average Bonchev–Trinajstić information content (AvgIpc) is 3.27. The van der Waals surface area contributed by atoms with Gasteiger partial charge in [-0.2, -0.15) is 0 Å². The number of carbonyl (C=O) groups excluding carboxylic acids is 2. The predicted octanol–water partition coefficient (Wildman–Crippen LogP) is 7.45. The van der Waals surface area contributed by atoms with Crippen LogP contribution in [0.3, 0.4) is 0 Å². The number of phenols is 1. The van der Waals surface area contributed by atoms with E-state index in [1.54, 1.807) is 17.7 Å². The van der Waals surface area contributed by atoms with Gasteiger partial charge in [-0.05, 0) is 164 Å². The lowest BCUT2D eigenvalue weighted by molar-refractivity contribution is -0.124. The van der Waals surface area contributed by atoms with Crippen LogP contribution in [-0.4, -0.2) is 67.3 Å². The lowest BCUT2D eigenvalue weighted by atomic mass is 9.64. The number of ketones is 2. The number of carbonyl (C=O) groups is 2. The van der Waals surface area contributed by atoms with Gasteiger partial charge in [0.05, 0.1) is 26.3 Å². The molecule has 9 nitrogen and oxygen atoms in total. The number of rotatable bonds is 20. The van der Waals surface area contributed by atoms with Crippen molar-refractivity contribution < 1.29 is 24.5 Å². The van der Waals surface area contributed by atoms with Crippen molar-refractivity contribution in [2.24, 2.45) is 23.5 Å². The van der Waals surface area contributed by atoms with E-state index in [9.17, 15) is 19.8 Å². The molecule has 2 saturated heterocycles. The maximum absolute atomic E-state index is 13.4. The normalized spacial score (nSPS) is 22.5. The van der Waals surface area contributed by atoms with E-state index in [2.05, 4.69) is 70.6 Å². The number of Topliss-reactive ketones (excluding diaryl/α,β-unsaturated/α-hetero) is 1. The van der Waals surface area contributed by atoms with Crippen LogP contribution in [0.4, 0.5) is 0 Å². The Kier molecular flexibility index (Phi) is 15.8. The zero-order chi connectivity index (χ0) is 42.6. The number of aliphatic hydroxyl groups is 1. The second-order valence-corrected chi connectivity index (χ2v) is 17.6. The highest BCUT2D eigenvalue weighted by Gasteiger charge is 2.41. The first kappa shape index (κ1) is 44.3. The molecule has 5 atom stereocenters. The molecule has 3 aliphatic heterocycles. The smallest absolute Gasteiger partial charge is 0.163 e. The van der Waals surface area contributed by atoms with Crippen molar-refractivity contribution >= 4 is 17.1 Å². The fraction of sp³-hybridized carbons (Fsp3) is 0.462. The Morgan fingerprint density at radius 2 is 1.69 bits per heavy atom. The maximum Gasteiger partial charge on any atom is 0.163 e. The molecule has 0 spiro atoms. The van der Waals surface area contributed by atoms with Crippen molar-refractivity contribution in [2.75, 3.05) is 33.4 Å². The Labute approximate surface area is 362 Å². The third kappa shape index (κ3) is 12.0. The number of aliphatic hydroxyl groups excluding tert-OH is 1. The summed E-state index contributed by atoms with van der Waals surface area (Å²) >= 11 is 0. The topological polar surface area (TPSA) is 146 Å². The van der Waals surface area contributed by atoms with Crippen LogP contribution in [0.25, 0.3) is 5.57 Å². The number of hydrogen-bond acceptors (Lipinski definition) is 9. The molecule has 2 fully saturated rings. The zero-order valence-electron chi connectivity index (χ0n) is 36.0. The number of ether oxygens (including phenoxy) is 1. The standard InChI is InChI=1S/C52H66N4O5/c1-61-50-31-48(43(34-57)27-45(59)30-44(58)15-6-3-7-16-47-46-21-23-54-32-42(46)25-39-14-9-22-55-52(39)47)40(28-49(50)60)26-41-33-56-51(53)29-38(41)20-19-37-13-8-12-36(24-37)18-17-35-10-4-2-5-11-35/h2,4-5,8,10-13,24-25,27-29,31,33,42,46-47,51-52,54-57,60H,3,6-7,9,14-23,26,30,32,34,53H2,1H3. The number of nitrogens with two attached hydrogens (primary N) is 1. The molecule has 7 rings (SSSR count). The summed E-state index contributed by atoms with van der Waals surface area (Å²) in [5, 5.41) is 32.2. The highest BCUT2D eigenvalue weighted by molar-refractivity contribution is 6.07. The average molecular weight is 827 g/mol. The number of piperidine rings is 2. The summed E-state index contributed by atoms with van der Waals surface area (Å²) < 4.78 is 5.46. The SMILES string of the molecule is COc1cc(C(=CC(=O)CC(=O)CCCCCC2C3NCCCC3=CC3CNCCC32)CO)c(CC2=CNC(N)C=C2CCc2cccc(CCc3ccccc3)c2)cc1O. The fourth-order valence-electron chi connectivity index (χ4n) is 10.2. The van der Waals surface area contributed by atoms with Crippen LogP contribution >= 0.6 is 0 Å².